The third-order valence-corrected chi connectivity index (χ3v) is 10.2. The van der Waals surface area contributed by atoms with Crippen LogP contribution >= 0.6 is 0 Å². The van der Waals surface area contributed by atoms with Gasteiger partial charge >= 0.3 is 0 Å². The zero-order valence-corrected chi connectivity index (χ0v) is 37.3. The maximum absolute atomic E-state index is 11.0. The predicted octanol–water partition coefficient (Wildman–Crippen LogP) is 8.05. The fraction of sp³-hybridized carbons (Fsp3) is 0. The van der Waals surface area contributed by atoms with Crippen LogP contribution in [0.1, 0.15) is 0 Å². The Bertz CT molecular complexity index is 3570. The quantitative estimate of drug-likeness (QED) is 0.0458. The summed E-state index contributed by atoms with van der Waals surface area (Å²) in [6, 6.07) is 9.35. The predicted molar refractivity (Wildman–Crippen MR) is 247 cm³/mol. The van der Waals surface area contributed by atoms with E-state index in [1.807, 2.05) is 0 Å². The van der Waals surface area contributed by atoms with Gasteiger partial charge in [0, 0.05) is 78.9 Å². The van der Waals surface area contributed by atoms with Crippen LogP contribution in [-0.2, 0) is 0 Å². The SMILES string of the molecule is Oc1cc(O)c(Oc2cc(O)c(Oc3cc(O)c(O)c(O)c3Oc3cc(O)c(O)c(Oc4cc(O)c(O)c(O)c4Oc4cc(O)c(Oc5cc(O)c(O)c(O)c5Oc5cc(O)c(O)c(O)c5)c(O)c4)c3)c(O)c2)c(O)c1. The lowest BCUT2D eigenvalue weighted by atomic mass is 10.2. The molecule has 8 aromatic carbocycles. The van der Waals surface area contributed by atoms with Crippen molar-refractivity contribution < 1.29 is 140 Å². The third-order valence-electron chi connectivity index (χ3n) is 10.2. The van der Waals surface area contributed by atoms with Gasteiger partial charge in [-0.1, -0.05) is 0 Å². The average Bonchev–Trinajstić information content (AvgIpc) is 3.35. The number of aromatic hydroxyl groups is 21. The second kappa shape index (κ2) is 19.1. The second-order valence-electron chi connectivity index (χ2n) is 15.5. The first kappa shape index (κ1) is 50.5. The number of rotatable bonds is 14. The molecule has 0 atom stereocenters. The molecule has 0 aromatic heterocycles. The highest BCUT2D eigenvalue weighted by Gasteiger charge is 2.29. The molecule has 8 aromatic rings. The van der Waals surface area contributed by atoms with Gasteiger partial charge in [0.05, 0.1) is 0 Å². The molecule has 0 aliphatic carbocycles. The molecule has 28 nitrogen and oxygen atoms in total. The molecule has 21 N–H and O–H groups in total. The van der Waals surface area contributed by atoms with Crippen LogP contribution in [-0.4, -0.2) is 107 Å². The van der Waals surface area contributed by atoms with Gasteiger partial charge in [-0.05, 0) is 0 Å². The van der Waals surface area contributed by atoms with Crippen molar-refractivity contribution in [3.8, 4) is 201 Å². The minimum absolute atomic E-state index is 0.430. The second-order valence-corrected chi connectivity index (χ2v) is 15.5. The molecule has 0 fully saturated rings. The van der Waals surface area contributed by atoms with Crippen molar-refractivity contribution in [2.75, 3.05) is 0 Å². The van der Waals surface area contributed by atoms with Gasteiger partial charge in [0.1, 0.15) is 28.7 Å². The van der Waals surface area contributed by atoms with Crippen LogP contribution < -0.4 is 33.2 Å². The lowest BCUT2D eigenvalue weighted by Gasteiger charge is -2.19. The van der Waals surface area contributed by atoms with Crippen molar-refractivity contribution >= 4 is 0 Å². The summed E-state index contributed by atoms with van der Waals surface area (Å²) < 4.78 is 38.7. The molecule has 8 rings (SSSR count). The minimum atomic E-state index is -1.30. The highest BCUT2D eigenvalue weighted by atomic mass is 16.6. The van der Waals surface area contributed by atoms with Gasteiger partial charge in [-0.15, -0.1) is 0 Å². The van der Waals surface area contributed by atoms with Gasteiger partial charge in [-0.25, -0.2) is 0 Å². The lowest BCUT2D eigenvalue weighted by molar-refractivity contribution is 0.318. The van der Waals surface area contributed by atoms with E-state index in [4.69, 9.17) is 33.2 Å². The van der Waals surface area contributed by atoms with Crippen LogP contribution in [0.5, 0.6) is 201 Å². The highest BCUT2D eigenvalue weighted by Crippen LogP contribution is 2.59. The van der Waals surface area contributed by atoms with Crippen molar-refractivity contribution in [3.63, 3.8) is 0 Å². The largest absolute Gasteiger partial charge is 0.508 e. The van der Waals surface area contributed by atoms with E-state index in [1.54, 1.807) is 0 Å². The van der Waals surface area contributed by atoms with Crippen LogP contribution in [0, 0.1) is 0 Å². The fourth-order valence-corrected chi connectivity index (χ4v) is 6.65. The molecule has 0 unspecified atom stereocenters. The molecule has 0 aliphatic rings. The van der Waals surface area contributed by atoms with E-state index < -0.39 is 201 Å². The molecular weight excluding hydrogens is 1020 g/mol. The number of phenolic OH excluding ortho intramolecular Hbond substituents is 21. The van der Waals surface area contributed by atoms with Gasteiger partial charge in [0.15, 0.2) is 92.0 Å². The average molecular weight is 1060 g/mol. The number of ether oxygens (including phenoxy) is 7. The van der Waals surface area contributed by atoms with Gasteiger partial charge in [-0.2, -0.15) is 0 Å². The molecule has 0 spiro atoms. The first-order valence-electron chi connectivity index (χ1n) is 20.6. The van der Waals surface area contributed by atoms with Gasteiger partial charge in [0.25, 0.3) is 0 Å². The van der Waals surface area contributed by atoms with Crippen molar-refractivity contribution in [2.24, 2.45) is 0 Å². The van der Waals surface area contributed by atoms with E-state index >= 15 is 0 Å². The Labute approximate surface area is 419 Å². The van der Waals surface area contributed by atoms with Crippen molar-refractivity contribution in [1.29, 1.82) is 0 Å². The Balaban J connectivity index is 1.09. The van der Waals surface area contributed by atoms with Gasteiger partial charge < -0.3 is 140 Å². The van der Waals surface area contributed by atoms with E-state index in [-0.39, 0.29) is 0 Å². The van der Waals surface area contributed by atoms with Gasteiger partial charge in [-0.3, -0.25) is 0 Å². The molecule has 0 saturated carbocycles. The molecule has 0 saturated heterocycles. The maximum Gasteiger partial charge on any atom is 0.215 e. The Hall–Kier alpha value is -11.8. The summed E-state index contributed by atoms with van der Waals surface area (Å²) in [5, 5.41) is 219. The molecule has 0 radical (unpaired) electrons. The minimum Gasteiger partial charge on any atom is -0.508 e. The zero-order chi connectivity index (χ0) is 55.3. The fourth-order valence-electron chi connectivity index (χ4n) is 6.65. The van der Waals surface area contributed by atoms with E-state index in [0.29, 0.717) is 36.4 Å². The Morgan fingerprint density at radius 1 is 0.171 bits per heavy atom. The van der Waals surface area contributed by atoms with Crippen LogP contribution in [0.3, 0.4) is 0 Å². The van der Waals surface area contributed by atoms with Crippen molar-refractivity contribution in [1.82, 2.24) is 0 Å². The number of phenols is 21. The van der Waals surface area contributed by atoms with Crippen molar-refractivity contribution in [3.05, 3.63) is 78.9 Å². The topological polar surface area (TPSA) is 489 Å². The first-order valence-corrected chi connectivity index (χ1v) is 20.6. The smallest absolute Gasteiger partial charge is 0.215 e. The summed E-state index contributed by atoms with van der Waals surface area (Å²) in [6.07, 6.45) is 0. The summed E-state index contributed by atoms with van der Waals surface area (Å²) in [6.45, 7) is 0. The summed E-state index contributed by atoms with van der Waals surface area (Å²) in [5.74, 6) is -32.2. The van der Waals surface area contributed by atoms with Gasteiger partial charge in [0.2, 0.25) is 80.5 Å². The Morgan fingerprint density at radius 3 is 0.776 bits per heavy atom. The molecule has 76 heavy (non-hydrogen) atoms. The van der Waals surface area contributed by atoms with E-state index in [2.05, 4.69) is 0 Å². The Kier molecular flexibility index (Phi) is 12.7. The van der Waals surface area contributed by atoms with Crippen LogP contribution in [0.15, 0.2) is 78.9 Å². The zero-order valence-electron chi connectivity index (χ0n) is 37.3. The highest BCUT2D eigenvalue weighted by molar-refractivity contribution is 5.71. The summed E-state index contributed by atoms with van der Waals surface area (Å²) >= 11 is 0. The summed E-state index contributed by atoms with van der Waals surface area (Å²) in [7, 11) is 0. The molecule has 394 valence electrons. The van der Waals surface area contributed by atoms with Crippen LogP contribution in [0.4, 0.5) is 0 Å². The van der Waals surface area contributed by atoms with Crippen molar-refractivity contribution in [2.45, 2.75) is 0 Å². The molecular formula is C48H34O28. The number of benzene rings is 8. The Morgan fingerprint density at radius 2 is 0.421 bits per heavy atom. The summed E-state index contributed by atoms with van der Waals surface area (Å²) in [4.78, 5) is 0. The number of hydrogen-bond donors (Lipinski definition) is 21. The number of hydrogen-bond acceptors (Lipinski definition) is 28. The van der Waals surface area contributed by atoms with Crippen LogP contribution in [0.2, 0.25) is 0 Å². The standard InChI is InChI=1S/C48H34O28/c49-14-1-25(56)43(26(57)2-14)70-16-6-27(58)44(28(59)7-16)76-34-13-24(55)39(66)42(69)48(34)73-18-5-21(52)36(63)31(10-18)74-32-11-22(53)37(64)40(67)46(32)72-17-8-29(60)45(30(61)9-17)75-33-12-23(54)38(65)41(68)47(33)71-15-3-19(50)35(62)20(51)4-15/h1-13,49-69H. The molecule has 0 heterocycles. The summed E-state index contributed by atoms with van der Waals surface area (Å²) in [5.41, 5.74) is 0. The molecule has 0 amide bonds. The molecule has 0 bridgehead atoms. The molecule has 0 aliphatic heterocycles. The monoisotopic (exact) mass is 1060 g/mol. The van der Waals surface area contributed by atoms with E-state index in [9.17, 15) is 107 Å². The van der Waals surface area contributed by atoms with E-state index in [0.717, 1.165) is 42.5 Å². The third kappa shape index (κ3) is 9.53. The normalized spacial score (nSPS) is 10.9. The van der Waals surface area contributed by atoms with E-state index in [1.165, 1.54) is 0 Å². The first-order chi connectivity index (χ1) is 35.8. The lowest BCUT2D eigenvalue weighted by Crippen LogP contribution is -1.96. The van der Waals surface area contributed by atoms with Crippen LogP contribution in [0.25, 0.3) is 0 Å². The molecule has 28 heteroatoms. The maximum atomic E-state index is 11.0.